The van der Waals surface area contributed by atoms with E-state index in [0.29, 0.717) is 82.6 Å². The predicted octanol–water partition coefficient (Wildman–Crippen LogP) is 14.6. The van der Waals surface area contributed by atoms with Crippen LogP contribution >= 0.6 is 12.4 Å². The molecule has 0 aliphatic carbocycles. The number of fused-ring (bicyclic) bond motifs is 1. The lowest BCUT2D eigenvalue weighted by atomic mass is 10.0. The molecule has 3 aromatic heterocycles. The number of aliphatic hydroxyl groups is 3. The number of rotatable bonds is 54. The number of halogens is 7. The van der Waals surface area contributed by atoms with Gasteiger partial charge < -0.3 is 68.2 Å². The smallest absolute Gasteiger partial charge is 0.270 e. The van der Waals surface area contributed by atoms with Crippen molar-refractivity contribution in [2.24, 2.45) is 17.2 Å². The lowest BCUT2D eigenvalue weighted by Gasteiger charge is -2.32. The summed E-state index contributed by atoms with van der Waals surface area (Å²) < 4.78 is 166. The third-order valence-electron chi connectivity index (χ3n) is 25.0. The van der Waals surface area contributed by atoms with Gasteiger partial charge in [0.2, 0.25) is 17.7 Å². The van der Waals surface area contributed by atoms with Crippen LogP contribution in [0.3, 0.4) is 0 Å². The lowest BCUT2D eigenvalue weighted by molar-refractivity contribution is -0.135. The predicted molar refractivity (Wildman–Crippen MR) is 556 cm³/mol. The van der Waals surface area contributed by atoms with E-state index in [1.165, 1.54) is 45.4 Å². The molecular formula is C108H141ClF6N12O15S3. The minimum atomic E-state index is -3.88. The first-order chi connectivity index (χ1) is 68.5. The highest BCUT2D eigenvalue weighted by molar-refractivity contribution is 7.92. The molecule has 0 saturated carbocycles. The first kappa shape index (κ1) is 121. The largest absolute Gasteiger partial charge is 0.390 e. The fourth-order valence-corrected chi connectivity index (χ4v) is 23.8. The summed E-state index contributed by atoms with van der Waals surface area (Å²) in [6.45, 7) is 16.3. The van der Waals surface area contributed by atoms with Gasteiger partial charge in [0.25, 0.3) is 17.7 Å². The number of nitrogens with one attached hydrogen (secondary N) is 4. The van der Waals surface area contributed by atoms with Crippen molar-refractivity contribution < 1.29 is 95.7 Å². The van der Waals surface area contributed by atoms with E-state index < -0.39 is 187 Å². The topological polar surface area (TPSA) is 431 Å². The molecule has 0 bridgehead atoms. The molecule has 0 radical (unpaired) electrons. The summed E-state index contributed by atoms with van der Waals surface area (Å²) in [5.41, 5.74) is 25.8. The number of aromatic nitrogens is 3. The average Bonchev–Trinajstić information content (AvgIpc) is 1.78. The van der Waals surface area contributed by atoms with Gasteiger partial charge in [-0.15, -0.1) is 12.4 Å². The van der Waals surface area contributed by atoms with E-state index in [1.807, 2.05) is 129 Å². The molecule has 3 heterocycles. The van der Waals surface area contributed by atoms with E-state index in [9.17, 15) is 95.7 Å². The van der Waals surface area contributed by atoms with Crippen LogP contribution in [0.5, 0.6) is 0 Å². The van der Waals surface area contributed by atoms with Crippen molar-refractivity contribution in [3.05, 3.63) is 309 Å². The van der Waals surface area contributed by atoms with Gasteiger partial charge in [-0.3, -0.25) is 38.7 Å². The maximum absolute atomic E-state index is 14.6. The molecule has 6 amide bonds. The second kappa shape index (κ2) is 59.5. The molecule has 10 aromatic rings. The maximum Gasteiger partial charge on any atom is 0.270 e. The number of hydrogen-bond donors (Lipinski definition) is 10. The summed E-state index contributed by atoms with van der Waals surface area (Å²) in [4.78, 5) is 98.4. The highest BCUT2D eigenvalue weighted by atomic mass is 35.5. The van der Waals surface area contributed by atoms with Crippen molar-refractivity contribution in [1.82, 2.24) is 45.6 Å². The number of H-pyrrole nitrogens is 1. The van der Waals surface area contributed by atoms with Crippen LogP contribution in [0.2, 0.25) is 0 Å². The summed E-state index contributed by atoms with van der Waals surface area (Å²) in [7, 11) is -11.6. The Hall–Kier alpha value is -11.3. The third-order valence-corrected chi connectivity index (χ3v) is 31.8. The summed E-state index contributed by atoms with van der Waals surface area (Å²) in [6.07, 6.45) is 10.0. The van der Waals surface area contributed by atoms with E-state index in [1.54, 1.807) is 54.7 Å². The minimum Gasteiger partial charge on any atom is -0.390 e. The van der Waals surface area contributed by atoms with Crippen LogP contribution < -0.4 is 33.2 Å². The Kier molecular flexibility index (Phi) is 49.5. The van der Waals surface area contributed by atoms with Crippen LogP contribution in [0.4, 0.5) is 26.3 Å². The molecule has 3 unspecified atom stereocenters. The van der Waals surface area contributed by atoms with Crippen LogP contribution in [-0.2, 0) is 102 Å². The normalized spacial score (nSPS) is 13.5. The van der Waals surface area contributed by atoms with Gasteiger partial charge in [0.15, 0.2) is 29.5 Å². The number of amides is 6. The third kappa shape index (κ3) is 38.5. The van der Waals surface area contributed by atoms with Gasteiger partial charge in [-0.05, 0) is 211 Å². The number of sulfone groups is 3. The van der Waals surface area contributed by atoms with Crippen molar-refractivity contribution >= 4 is 88.3 Å². The fourth-order valence-electron chi connectivity index (χ4n) is 17.3. The number of benzene rings is 7. The van der Waals surface area contributed by atoms with Crippen LogP contribution in [0.15, 0.2) is 207 Å². The van der Waals surface area contributed by atoms with Gasteiger partial charge >= 0.3 is 0 Å². The Morgan fingerprint density at radius 2 is 0.690 bits per heavy atom. The number of aliphatic hydroxyl groups excluding tert-OH is 3. The number of aromatic amines is 1. The Labute approximate surface area is 854 Å². The van der Waals surface area contributed by atoms with Crippen LogP contribution in [-0.4, -0.2) is 213 Å². The Balaban J connectivity index is 0.000000294. The standard InChI is InChI=1S/C38H48F2N4O5S.2C35H46F2N4O5S.ClH/c1-4-8-32(9-5-2)50(48,49)24-35(43-37(46)29-13-12-28-14-15-42-34(28)20-29)38(47)44(22-26-11-7-10-25(6-3)16-26)23-36(45)33(41)19-27-17-30(39)21-31(40)18-27;1-4-9-30(10-5-2)47(45,46)23-32(40-34(43)27-13-8-14-39-20-27)35(44)41(21-25-12-7-11-24(6-3)15-25)22-33(42)31(38)18-26-16-28(36)19-29(37)17-26;1-4-10-29(11-5-2)47(45,46)23-32(40-34(43)31-14-7-8-15-39-31)35(44)41(21-25-13-9-12-24(6-3)16-25)22-33(42)30(38)19-26-17-27(36)20-28(37)18-26;/h7,10-18,20-21,32-33,35-36,42,45H,4-6,8-9,19,22-24,41H2,1-3H3,(H,43,46);7-8,11-17,19-20,30-33,42H,4-6,9-10,18,21-23,38H2,1-3H3,(H,40,43);7-9,12-18,20,29-30,32-33,42H,4-6,10-11,19,21-23,38H2,1-3H3,(H,40,43);1H/t33-,35?,36+;31-,32?,33+;30-,32?,33+;/m000./s1. The Morgan fingerprint density at radius 3 is 0.993 bits per heavy atom. The summed E-state index contributed by atoms with van der Waals surface area (Å²) >= 11 is 0. The molecule has 145 heavy (non-hydrogen) atoms. The number of nitrogens with zero attached hydrogens (tertiary/aromatic N) is 5. The Bertz CT molecular complexity index is 5880. The SMILES string of the molecule is CCCC(CCC)S(=O)(=O)CC(NC(=O)c1ccc2cc[nH]c2c1)C(=O)N(Cc1cccc(CC)c1)C[C@@H](O)[C@@H](N)Cc1cc(F)cc(F)c1.CCCC(CCC)S(=O)(=O)CC(NC(=O)c1ccccn1)C(=O)N(Cc1cccc(CC)c1)C[C@@H](O)[C@@H](N)Cc1cc(F)cc(F)c1.CCCC(CCC)S(=O)(=O)CC(NC(=O)c1cccnc1)C(=O)N(Cc1cccc(CC)c1)C[C@@H](O)[C@@H](N)Cc1cc(F)cc(F)c1.Cl. The van der Waals surface area contributed by atoms with Gasteiger partial charge in [0, 0.05) is 111 Å². The van der Waals surface area contributed by atoms with E-state index in [-0.39, 0.29) is 104 Å². The maximum atomic E-state index is 14.6. The van der Waals surface area contributed by atoms with Gasteiger partial charge in [-0.1, -0.05) is 186 Å². The van der Waals surface area contributed by atoms with Gasteiger partial charge in [-0.25, -0.2) is 51.6 Å². The van der Waals surface area contributed by atoms with E-state index in [0.717, 1.165) is 113 Å². The zero-order valence-corrected chi connectivity index (χ0v) is 87.0. The fraction of sp³-hybridized carbons (Fsp3) is 0.444. The van der Waals surface area contributed by atoms with Crippen molar-refractivity contribution in [2.45, 2.75) is 268 Å². The second-order valence-corrected chi connectivity index (χ2v) is 43.7. The van der Waals surface area contributed by atoms with E-state index in [4.69, 9.17) is 17.2 Å². The molecule has 27 nitrogen and oxygen atoms in total. The number of nitrogens with two attached hydrogens (primary N) is 3. The number of carbonyl (C=O) groups excluding carboxylic acids is 6. The van der Waals surface area contributed by atoms with E-state index in [2.05, 4.69) is 30.9 Å². The first-order valence-electron chi connectivity index (χ1n) is 49.3. The number of hydrogen-bond acceptors (Lipinski definition) is 20. The molecule has 0 spiro atoms. The molecule has 0 saturated heterocycles. The molecular weight excluding hydrogens is 1950 g/mol. The van der Waals surface area contributed by atoms with Gasteiger partial charge in [-0.2, -0.15) is 0 Å². The summed E-state index contributed by atoms with van der Waals surface area (Å²) in [5, 5.41) is 40.4. The first-order valence-corrected chi connectivity index (χ1v) is 54.4. The minimum absolute atomic E-state index is 0. The highest BCUT2D eigenvalue weighted by Crippen LogP contribution is 2.27. The second-order valence-electron chi connectivity index (χ2n) is 36.7. The molecule has 9 atom stereocenters. The van der Waals surface area contributed by atoms with Gasteiger partial charge in [0.05, 0.1) is 56.9 Å². The molecule has 0 aliphatic heterocycles. The van der Waals surface area contributed by atoms with Crippen molar-refractivity contribution in [3.8, 4) is 0 Å². The molecule has 37 heteroatoms. The monoisotopic (exact) mass is 2090 g/mol. The van der Waals surface area contributed by atoms with Crippen LogP contribution in [0, 0.1) is 34.9 Å². The number of pyridine rings is 2. The van der Waals surface area contributed by atoms with Crippen LogP contribution in [0.1, 0.15) is 221 Å². The molecule has 790 valence electrons. The quantitative estimate of drug-likeness (QED) is 0.0158. The average molecular weight is 2090 g/mol. The zero-order chi connectivity index (χ0) is 106. The van der Waals surface area contributed by atoms with Crippen molar-refractivity contribution in [2.75, 3.05) is 36.9 Å². The summed E-state index contributed by atoms with van der Waals surface area (Å²) in [6, 6.07) is 38.4. The summed E-state index contributed by atoms with van der Waals surface area (Å²) in [5.74, 6) is -10.8. The number of carbonyl (C=O) groups is 6. The van der Waals surface area contributed by atoms with Crippen LogP contribution in [0.25, 0.3) is 10.9 Å². The highest BCUT2D eigenvalue weighted by Gasteiger charge is 2.41. The molecule has 10 rings (SSSR count). The Morgan fingerprint density at radius 1 is 0.366 bits per heavy atom. The number of aryl methyl sites for hydroxylation is 3. The lowest BCUT2D eigenvalue weighted by Crippen LogP contribution is -2.55. The van der Waals surface area contributed by atoms with E-state index >= 15 is 0 Å². The molecule has 0 aliphatic rings. The van der Waals surface area contributed by atoms with Crippen molar-refractivity contribution in [1.29, 1.82) is 0 Å². The molecule has 13 N–H and O–H groups in total. The molecule has 7 aromatic carbocycles. The van der Waals surface area contributed by atoms with Gasteiger partial charge in [0.1, 0.15) is 58.7 Å². The van der Waals surface area contributed by atoms with Crippen molar-refractivity contribution in [3.63, 3.8) is 0 Å². The zero-order valence-electron chi connectivity index (χ0n) is 83.8. The molecule has 0 fully saturated rings.